The van der Waals surface area contributed by atoms with E-state index in [-0.39, 0.29) is 0 Å². The van der Waals surface area contributed by atoms with Crippen LogP contribution in [0.2, 0.25) is 0 Å². The van der Waals surface area contributed by atoms with Gasteiger partial charge in [0.15, 0.2) is 0 Å². The van der Waals surface area contributed by atoms with Gasteiger partial charge in [-0.25, -0.2) is 0 Å². The molecule has 4 nitrogen and oxygen atoms in total. The molecule has 0 aliphatic carbocycles. The summed E-state index contributed by atoms with van der Waals surface area (Å²) in [6.45, 7) is 7.67. The normalized spacial score (nSPS) is 26.9. The minimum absolute atomic E-state index is 0.654. The van der Waals surface area contributed by atoms with E-state index in [2.05, 4.69) is 35.6 Å². The van der Waals surface area contributed by atoms with Gasteiger partial charge in [-0.2, -0.15) is 0 Å². The number of allylic oxidation sites excluding steroid dienone is 2. The van der Waals surface area contributed by atoms with Crippen molar-refractivity contribution in [2.45, 2.75) is 6.92 Å². The van der Waals surface area contributed by atoms with Crippen LogP contribution in [0.15, 0.2) is 23.8 Å². The minimum atomic E-state index is 0.654. The molecule has 0 spiro atoms. The third-order valence-corrected chi connectivity index (χ3v) is 2.67. The maximum atomic E-state index is 7.82. The molecule has 4 heteroatoms. The molecule has 0 fully saturated rings. The number of hydrogen-bond acceptors (Lipinski definition) is 4. The van der Waals surface area contributed by atoms with Crippen LogP contribution < -0.4 is 10.6 Å². The quantitative estimate of drug-likeness (QED) is 0.578. The van der Waals surface area contributed by atoms with Crippen molar-refractivity contribution >= 4 is 5.71 Å². The molecule has 0 bridgehead atoms. The molecule has 0 radical (unpaired) electrons. The molecule has 0 amide bonds. The van der Waals surface area contributed by atoms with E-state index in [4.69, 9.17) is 5.41 Å². The predicted molar refractivity (Wildman–Crippen MR) is 73.9 cm³/mol. The van der Waals surface area contributed by atoms with Crippen LogP contribution in [-0.4, -0.2) is 56.9 Å². The third-order valence-electron chi connectivity index (χ3n) is 2.67. The summed E-state index contributed by atoms with van der Waals surface area (Å²) >= 11 is 0. The van der Waals surface area contributed by atoms with Gasteiger partial charge in [0.05, 0.1) is 0 Å². The number of likely N-dealkylation sites (N-methyl/N-ethyl adjacent to an activating group) is 1. The van der Waals surface area contributed by atoms with Crippen LogP contribution >= 0.6 is 0 Å². The molecule has 0 unspecified atom stereocenters. The van der Waals surface area contributed by atoms with Crippen molar-refractivity contribution < 1.29 is 0 Å². The molecule has 17 heavy (non-hydrogen) atoms. The predicted octanol–water partition coefficient (Wildman–Crippen LogP) is 0.633. The van der Waals surface area contributed by atoms with E-state index in [9.17, 15) is 0 Å². The van der Waals surface area contributed by atoms with Gasteiger partial charge in [-0.05, 0) is 20.0 Å². The van der Waals surface area contributed by atoms with E-state index < -0.39 is 0 Å². The van der Waals surface area contributed by atoms with Gasteiger partial charge in [-0.3, -0.25) is 4.90 Å². The van der Waals surface area contributed by atoms with Gasteiger partial charge in [-0.15, -0.1) is 0 Å². The minimum Gasteiger partial charge on any atom is -0.314 e. The molecule has 1 aliphatic rings. The van der Waals surface area contributed by atoms with Crippen LogP contribution in [0, 0.1) is 5.41 Å². The summed E-state index contributed by atoms with van der Waals surface area (Å²) in [5, 5.41) is 14.6. The highest BCUT2D eigenvalue weighted by Crippen LogP contribution is 1.92. The lowest BCUT2D eigenvalue weighted by atomic mass is 10.2. The smallest absolute Gasteiger partial charge is 0.0454 e. The number of rotatable bonds is 0. The molecule has 0 aromatic heterocycles. The van der Waals surface area contributed by atoms with Crippen LogP contribution in [0.4, 0.5) is 0 Å². The summed E-state index contributed by atoms with van der Waals surface area (Å²) in [4.78, 5) is 2.16. The molecular formula is C13H24N4. The molecule has 0 saturated carbocycles. The monoisotopic (exact) mass is 236 g/mol. The van der Waals surface area contributed by atoms with E-state index in [0.29, 0.717) is 12.3 Å². The zero-order valence-electron chi connectivity index (χ0n) is 10.9. The van der Waals surface area contributed by atoms with E-state index in [0.717, 1.165) is 32.7 Å². The standard InChI is InChI=1S/C13H24N4/c1-12-4-3-5-13(14)11-17(2)9-8-15-6-7-16-10-12/h3-5,14-16H,6-11H2,1-2H3/b5-3-,12-4+,14-13?. The van der Waals surface area contributed by atoms with Crippen LogP contribution in [-0.2, 0) is 0 Å². The first-order valence-corrected chi connectivity index (χ1v) is 6.20. The first-order chi connectivity index (χ1) is 8.18. The summed E-state index contributed by atoms with van der Waals surface area (Å²) < 4.78 is 0. The summed E-state index contributed by atoms with van der Waals surface area (Å²) in [6.07, 6.45) is 5.91. The summed E-state index contributed by atoms with van der Waals surface area (Å²) in [6, 6.07) is 0. The first-order valence-electron chi connectivity index (χ1n) is 6.20. The Labute approximate surface area is 104 Å². The van der Waals surface area contributed by atoms with E-state index in [1.54, 1.807) is 0 Å². The van der Waals surface area contributed by atoms with E-state index in [1.807, 2.05) is 12.2 Å². The first kappa shape index (κ1) is 14.1. The highest BCUT2D eigenvalue weighted by atomic mass is 15.1. The second kappa shape index (κ2) is 8.17. The molecule has 3 N–H and O–H groups in total. The average molecular weight is 236 g/mol. The van der Waals surface area contributed by atoms with E-state index >= 15 is 0 Å². The second-order valence-corrected chi connectivity index (χ2v) is 4.56. The number of hydrogen-bond donors (Lipinski definition) is 3. The topological polar surface area (TPSA) is 51.2 Å². The lowest BCUT2D eigenvalue weighted by Gasteiger charge is -2.16. The van der Waals surface area contributed by atoms with Gasteiger partial charge in [0.1, 0.15) is 0 Å². The largest absolute Gasteiger partial charge is 0.314 e. The molecule has 1 aliphatic heterocycles. The van der Waals surface area contributed by atoms with Crippen molar-refractivity contribution in [3.8, 4) is 0 Å². The van der Waals surface area contributed by atoms with Crippen molar-refractivity contribution in [2.75, 3.05) is 46.3 Å². The fourth-order valence-electron chi connectivity index (χ4n) is 1.67. The molecule has 0 aromatic carbocycles. The van der Waals surface area contributed by atoms with Gasteiger partial charge >= 0.3 is 0 Å². The van der Waals surface area contributed by atoms with Crippen LogP contribution in [0.25, 0.3) is 0 Å². The molecule has 1 heterocycles. The Kier molecular flexibility index (Phi) is 6.77. The van der Waals surface area contributed by atoms with Crippen molar-refractivity contribution in [2.24, 2.45) is 0 Å². The van der Waals surface area contributed by atoms with Gasteiger partial charge in [-0.1, -0.05) is 17.7 Å². The van der Waals surface area contributed by atoms with Crippen molar-refractivity contribution in [3.05, 3.63) is 23.8 Å². The molecule has 0 aromatic rings. The van der Waals surface area contributed by atoms with Crippen LogP contribution in [0.3, 0.4) is 0 Å². The molecule has 1 rings (SSSR count). The van der Waals surface area contributed by atoms with Gasteiger partial charge in [0.25, 0.3) is 0 Å². The Bertz CT molecular complexity index is 294. The van der Waals surface area contributed by atoms with Gasteiger partial charge in [0, 0.05) is 45.0 Å². The van der Waals surface area contributed by atoms with Crippen LogP contribution in [0.5, 0.6) is 0 Å². The van der Waals surface area contributed by atoms with Crippen molar-refractivity contribution in [1.82, 2.24) is 15.5 Å². The van der Waals surface area contributed by atoms with Gasteiger partial charge in [0.2, 0.25) is 0 Å². The Morgan fingerprint density at radius 1 is 1.24 bits per heavy atom. The fraction of sp³-hybridized carbons (Fsp3) is 0.615. The molecule has 0 saturated heterocycles. The maximum Gasteiger partial charge on any atom is 0.0454 e. The average Bonchev–Trinajstić information content (AvgIpc) is 2.26. The van der Waals surface area contributed by atoms with Crippen molar-refractivity contribution in [1.29, 1.82) is 5.41 Å². The molecular weight excluding hydrogens is 212 g/mol. The Balaban J connectivity index is 2.53. The number of nitrogens with one attached hydrogen (secondary N) is 3. The third kappa shape index (κ3) is 7.05. The lowest BCUT2D eigenvalue weighted by Crippen LogP contribution is -2.35. The fourth-order valence-corrected chi connectivity index (χ4v) is 1.67. The van der Waals surface area contributed by atoms with Gasteiger partial charge < -0.3 is 16.0 Å². The zero-order chi connectivity index (χ0) is 12.5. The zero-order valence-corrected chi connectivity index (χ0v) is 10.9. The summed E-state index contributed by atoms with van der Waals surface area (Å²) in [7, 11) is 2.05. The highest BCUT2D eigenvalue weighted by molar-refractivity contribution is 5.94. The number of nitrogens with zero attached hydrogens (tertiary/aromatic N) is 1. The van der Waals surface area contributed by atoms with E-state index in [1.165, 1.54) is 5.57 Å². The second-order valence-electron chi connectivity index (χ2n) is 4.56. The maximum absolute atomic E-state index is 7.82. The highest BCUT2D eigenvalue weighted by Gasteiger charge is 2.00. The summed E-state index contributed by atoms with van der Waals surface area (Å²) in [5.74, 6) is 0. The Hall–Kier alpha value is -0.970. The SMILES string of the molecule is C/C1=C\C=C/C(=N)CN(C)CCNCCNC1. The molecule has 96 valence electrons. The summed E-state index contributed by atoms with van der Waals surface area (Å²) in [5.41, 5.74) is 1.95. The van der Waals surface area contributed by atoms with Crippen molar-refractivity contribution in [3.63, 3.8) is 0 Å². The van der Waals surface area contributed by atoms with Crippen LogP contribution in [0.1, 0.15) is 6.92 Å². The Morgan fingerprint density at radius 2 is 2.00 bits per heavy atom. The lowest BCUT2D eigenvalue weighted by molar-refractivity contribution is 0.375. The Morgan fingerprint density at radius 3 is 2.82 bits per heavy atom. The molecule has 0 atom stereocenters.